The molecule has 5 aromatic rings. The van der Waals surface area contributed by atoms with Crippen LogP contribution in [-0.2, 0) is 0 Å². The maximum Gasteiger partial charge on any atom is 0.199 e. The van der Waals surface area contributed by atoms with Crippen molar-refractivity contribution in [1.82, 2.24) is 39.9 Å². The van der Waals surface area contributed by atoms with E-state index in [2.05, 4.69) is 51.6 Å². The molecule has 33 heavy (non-hydrogen) atoms. The van der Waals surface area contributed by atoms with Crippen LogP contribution >= 0.6 is 0 Å². The molecule has 0 unspecified atom stereocenters. The standard InChI is InChI=1S/C20H5N13/c1-7-12(25-2)14-16(33-20-19(31-14)28-10(5-23)11(6-24)29-20)15-13(7)30-17-18(32-15)27-9(4-22)8(3-21)26-17/h2H2,1H3. The van der Waals surface area contributed by atoms with E-state index >= 15 is 0 Å². The van der Waals surface area contributed by atoms with Crippen LogP contribution in [0.5, 0.6) is 0 Å². The molecule has 0 spiro atoms. The Morgan fingerprint density at radius 3 is 1.24 bits per heavy atom. The monoisotopic (exact) mass is 427 g/mol. The summed E-state index contributed by atoms with van der Waals surface area (Å²) < 4.78 is 0. The molecule has 1 aromatic carbocycles. The van der Waals surface area contributed by atoms with Crippen molar-refractivity contribution >= 4 is 57.1 Å². The molecule has 5 rings (SSSR count). The van der Waals surface area contributed by atoms with Crippen LogP contribution in [0.3, 0.4) is 0 Å². The molecule has 0 aliphatic carbocycles. The number of benzene rings is 1. The van der Waals surface area contributed by atoms with Crippen LogP contribution in [0.4, 0.5) is 5.69 Å². The van der Waals surface area contributed by atoms with Gasteiger partial charge in [0, 0.05) is 5.56 Å². The van der Waals surface area contributed by atoms with Gasteiger partial charge in [-0.3, -0.25) is 4.99 Å². The molecule has 4 heterocycles. The topological polar surface area (TPSA) is 211 Å². The molecule has 13 nitrogen and oxygen atoms in total. The maximum atomic E-state index is 9.26. The molecule has 150 valence electrons. The fourth-order valence-electron chi connectivity index (χ4n) is 3.32. The van der Waals surface area contributed by atoms with Crippen LogP contribution < -0.4 is 0 Å². The van der Waals surface area contributed by atoms with Gasteiger partial charge in [-0.15, -0.1) is 0 Å². The van der Waals surface area contributed by atoms with Crippen LogP contribution in [-0.4, -0.2) is 46.6 Å². The summed E-state index contributed by atoms with van der Waals surface area (Å²) in [7, 11) is 0. The zero-order chi connectivity index (χ0) is 23.3. The Morgan fingerprint density at radius 2 is 0.879 bits per heavy atom. The zero-order valence-corrected chi connectivity index (χ0v) is 16.5. The molecular formula is C20H5N13. The van der Waals surface area contributed by atoms with E-state index in [-0.39, 0.29) is 61.9 Å². The Kier molecular flexibility index (Phi) is 4.00. The molecule has 0 N–H and O–H groups in total. The van der Waals surface area contributed by atoms with E-state index in [1.54, 1.807) is 6.92 Å². The average molecular weight is 427 g/mol. The number of nitrogens with zero attached hydrogens (tertiary/aromatic N) is 13. The minimum atomic E-state index is -0.192. The van der Waals surface area contributed by atoms with Crippen LogP contribution in [0.25, 0.3) is 44.7 Å². The molecule has 0 atom stereocenters. The highest BCUT2D eigenvalue weighted by Crippen LogP contribution is 2.35. The summed E-state index contributed by atoms with van der Waals surface area (Å²) in [4.78, 5) is 38.3. The molecule has 0 saturated carbocycles. The van der Waals surface area contributed by atoms with E-state index in [1.165, 1.54) is 0 Å². The summed E-state index contributed by atoms with van der Waals surface area (Å²) in [5.74, 6) is 0. The molecule has 4 aromatic heterocycles. The normalized spacial score (nSPS) is 10.6. The number of rotatable bonds is 1. The molecule has 0 aliphatic heterocycles. The zero-order valence-electron chi connectivity index (χ0n) is 16.5. The predicted octanol–water partition coefficient (Wildman–Crippen LogP) is 1.59. The molecule has 0 aliphatic rings. The van der Waals surface area contributed by atoms with Crippen LogP contribution in [0.1, 0.15) is 28.3 Å². The second-order valence-electron chi connectivity index (χ2n) is 6.56. The summed E-state index contributed by atoms with van der Waals surface area (Å²) in [6.45, 7) is 5.33. The lowest BCUT2D eigenvalue weighted by atomic mass is 10.1. The number of hydrogen-bond donors (Lipinski definition) is 0. The quantitative estimate of drug-likeness (QED) is 0.212. The summed E-state index contributed by atoms with van der Waals surface area (Å²) >= 11 is 0. The summed E-state index contributed by atoms with van der Waals surface area (Å²) in [5.41, 5.74) is 1.47. The van der Waals surface area contributed by atoms with Crippen LogP contribution in [0.15, 0.2) is 4.99 Å². The van der Waals surface area contributed by atoms with E-state index < -0.39 is 0 Å². The molecule has 0 radical (unpaired) electrons. The SMILES string of the molecule is C=Nc1c(C)c2nc3nc(C#N)c(C#N)nc3nc2c2nc3nc(C#N)c(C#N)nc3nc12. The van der Waals surface area contributed by atoms with E-state index in [0.29, 0.717) is 16.8 Å². The fraction of sp³-hybridized carbons (Fsp3) is 0.0500. The number of aliphatic imine (C=N–C) groups is 1. The minimum absolute atomic E-state index is 0.0174. The first-order valence-corrected chi connectivity index (χ1v) is 9.01. The Morgan fingerprint density at radius 1 is 0.545 bits per heavy atom. The number of aromatic nitrogens is 8. The van der Waals surface area contributed by atoms with E-state index in [4.69, 9.17) is 0 Å². The first-order chi connectivity index (χ1) is 16.0. The number of fused-ring (bicyclic) bond motifs is 5. The first-order valence-electron chi connectivity index (χ1n) is 9.01. The van der Waals surface area contributed by atoms with Gasteiger partial charge < -0.3 is 0 Å². The number of nitriles is 4. The van der Waals surface area contributed by atoms with E-state index in [9.17, 15) is 21.0 Å². The number of hydrogen-bond acceptors (Lipinski definition) is 13. The van der Waals surface area contributed by atoms with Crippen molar-refractivity contribution < 1.29 is 0 Å². The minimum Gasteiger partial charge on any atom is -0.262 e. The smallest absolute Gasteiger partial charge is 0.199 e. The highest BCUT2D eigenvalue weighted by Gasteiger charge is 2.21. The third-order valence-electron chi connectivity index (χ3n) is 4.78. The molecule has 0 amide bonds. The summed E-state index contributed by atoms with van der Waals surface area (Å²) in [6.07, 6.45) is 0. The second-order valence-corrected chi connectivity index (χ2v) is 6.56. The average Bonchev–Trinajstić information content (AvgIpc) is 2.85. The summed E-state index contributed by atoms with van der Waals surface area (Å²) in [5, 5.41) is 37.0. The van der Waals surface area contributed by atoms with Crippen LogP contribution in [0.2, 0.25) is 0 Å². The van der Waals surface area contributed by atoms with Gasteiger partial charge in [-0.1, -0.05) is 0 Å². The van der Waals surface area contributed by atoms with Gasteiger partial charge in [-0.2, -0.15) is 21.0 Å². The van der Waals surface area contributed by atoms with Gasteiger partial charge >= 0.3 is 0 Å². The van der Waals surface area contributed by atoms with Gasteiger partial charge in [0.15, 0.2) is 45.4 Å². The maximum absolute atomic E-state index is 9.26. The van der Waals surface area contributed by atoms with Gasteiger partial charge in [0.1, 0.15) is 40.8 Å². The van der Waals surface area contributed by atoms with Crippen LogP contribution in [0, 0.1) is 52.2 Å². The third-order valence-corrected chi connectivity index (χ3v) is 4.78. The third kappa shape index (κ3) is 2.65. The summed E-state index contributed by atoms with van der Waals surface area (Å²) in [6, 6.07) is 7.24. The molecule has 0 bridgehead atoms. The molecule has 0 fully saturated rings. The van der Waals surface area contributed by atoms with Gasteiger partial charge in [-0.25, -0.2) is 39.9 Å². The van der Waals surface area contributed by atoms with Crippen molar-refractivity contribution in [3.8, 4) is 24.3 Å². The first kappa shape index (κ1) is 19.2. The molecular weight excluding hydrogens is 422 g/mol. The van der Waals surface area contributed by atoms with Crippen molar-refractivity contribution in [3.05, 3.63) is 28.3 Å². The predicted molar refractivity (Wildman–Crippen MR) is 112 cm³/mol. The van der Waals surface area contributed by atoms with Crippen molar-refractivity contribution in [2.45, 2.75) is 6.92 Å². The Bertz CT molecular complexity index is 1900. The second kappa shape index (κ2) is 6.88. The van der Waals surface area contributed by atoms with Crippen molar-refractivity contribution in [3.63, 3.8) is 0 Å². The molecule has 0 saturated heterocycles. The lowest BCUT2D eigenvalue weighted by Crippen LogP contribution is -2.04. The Labute approximate surface area is 183 Å². The fourth-order valence-corrected chi connectivity index (χ4v) is 3.32. The van der Waals surface area contributed by atoms with Crippen molar-refractivity contribution in [2.24, 2.45) is 4.99 Å². The molecule has 13 heteroatoms. The van der Waals surface area contributed by atoms with Gasteiger partial charge in [0.05, 0.1) is 11.2 Å². The van der Waals surface area contributed by atoms with E-state index in [0.717, 1.165) is 0 Å². The Balaban J connectivity index is 2.00. The van der Waals surface area contributed by atoms with E-state index in [1.807, 2.05) is 24.3 Å². The number of aryl methyl sites for hydroxylation is 1. The lowest BCUT2D eigenvalue weighted by Gasteiger charge is -2.10. The highest BCUT2D eigenvalue weighted by atomic mass is 15.0. The van der Waals surface area contributed by atoms with Gasteiger partial charge in [0.2, 0.25) is 0 Å². The lowest BCUT2D eigenvalue weighted by molar-refractivity contribution is 1.13. The highest BCUT2D eigenvalue weighted by molar-refractivity contribution is 6.10. The Hall–Kier alpha value is -5.79. The van der Waals surface area contributed by atoms with Crippen molar-refractivity contribution in [1.29, 1.82) is 21.0 Å². The largest absolute Gasteiger partial charge is 0.262 e. The van der Waals surface area contributed by atoms with Crippen molar-refractivity contribution in [2.75, 3.05) is 0 Å². The van der Waals surface area contributed by atoms with Gasteiger partial charge in [0.25, 0.3) is 0 Å². The van der Waals surface area contributed by atoms with Gasteiger partial charge in [-0.05, 0) is 13.6 Å².